The summed E-state index contributed by atoms with van der Waals surface area (Å²) in [7, 11) is 0. The van der Waals surface area contributed by atoms with Gasteiger partial charge in [-0.1, -0.05) is 6.92 Å². The van der Waals surface area contributed by atoms with Crippen molar-refractivity contribution in [3.8, 4) is 0 Å². The van der Waals surface area contributed by atoms with E-state index >= 15 is 0 Å². The summed E-state index contributed by atoms with van der Waals surface area (Å²) in [6.07, 6.45) is -0.168. The SMILES string of the molecule is CCOC(=O)CC(=O)CSC(C)CO. The highest BCUT2D eigenvalue weighted by molar-refractivity contribution is 8.00. The lowest BCUT2D eigenvalue weighted by Crippen LogP contribution is -2.14. The van der Waals surface area contributed by atoms with E-state index in [-0.39, 0.29) is 29.8 Å². The van der Waals surface area contributed by atoms with Gasteiger partial charge in [-0.05, 0) is 6.92 Å². The van der Waals surface area contributed by atoms with Gasteiger partial charge in [0, 0.05) is 5.25 Å². The number of ketones is 1. The first-order chi connectivity index (χ1) is 6.60. The molecule has 0 radical (unpaired) electrons. The maximum Gasteiger partial charge on any atom is 0.313 e. The van der Waals surface area contributed by atoms with Crippen LogP contribution in [-0.2, 0) is 14.3 Å². The first-order valence-electron chi connectivity index (χ1n) is 4.50. The molecule has 5 heteroatoms. The quantitative estimate of drug-likeness (QED) is 0.503. The summed E-state index contributed by atoms with van der Waals surface area (Å²) in [6.45, 7) is 3.86. The fourth-order valence-electron chi connectivity index (χ4n) is 0.712. The Kier molecular flexibility index (Phi) is 7.51. The summed E-state index contributed by atoms with van der Waals surface area (Å²) in [5.41, 5.74) is 0. The summed E-state index contributed by atoms with van der Waals surface area (Å²) in [5.74, 6) is -0.385. The molecule has 0 spiro atoms. The number of esters is 1. The van der Waals surface area contributed by atoms with Gasteiger partial charge in [0.1, 0.15) is 6.42 Å². The Balaban J connectivity index is 3.60. The van der Waals surface area contributed by atoms with Crippen molar-refractivity contribution >= 4 is 23.5 Å². The fourth-order valence-corrected chi connectivity index (χ4v) is 1.39. The van der Waals surface area contributed by atoms with Gasteiger partial charge in [0.05, 0.1) is 19.0 Å². The molecular weight excluding hydrogens is 204 g/mol. The second-order valence-electron chi connectivity index (χ2n) is 2.82. The molecule has 1 unspecified atom stereocenters. The lowest BCUT2D eigenvalue weighted by atomic mass is 10.3. The van der Waals surface area contributed by atoms with Crippen LogP contribution in [0.25, 0.3) is 0 Å². The molecule has 0 aliphatic rings. The van der Waals surface area contributed by atoms with E-state index < -0.39 is 5.97 Å². The summed E-state index contributed by atoms with van der Waals surface area (Å²) in [6, 6.07) is 0. The van der Waals surface area contributed by atoms with Crippen LogP contribution in [0.4, 0.5) is 0 Å². The van der Waals surface area contributed by atoms with Crippen molar-refractivity contribution in [2.75, 3.05) is 19.0 Å². The molecule has 0 rings (SSSR count). The third-order valence-electron chi connectivity index (χ3n) is 1.43. The van der Waals surface area contributed by atoms with Crippen LogP contribution in [0.1, 0.15) is 20.3 Å². The smallest absolute Gasteiger partial charge is 0.313 e. The number of Topliss-reactive ketones (excluding diaryl/α,β-unsaturated/α-hetero) is 1. The number of hydrogen-bond acceptors (Lipinski definition) is 5. The van der Waals surface area contributed by atoms with Crippen LogP contribution in [0.3, 0.4) is 0 Å². The average molecular weight is 220 g/mol. The van der Waals surface area contributed by atoms with Gasteiger partial charge in [-0.3, -0.25) is 9.59 Å². The van der Waals surface area contributed by atoms with Crippen LogP contribution in [0.15, 0.2) is 0 Å². The zero-order valence-corrected chi connectivity index (χ0v) is 9.30. The third-order valence-corrected chi connectivity index (χ3v) is 2.64. The number of aliphatic hydroxyl groups is 1. The minimum Gasteiger partial charge on any atom is -0.466 e. The molecule has 0 aliphatic carbocycles. The van der Waals surface area contributed by atoms with Gasteiger partial charge in [-0.2, -0.15) is 0 Å². The van der Waals surface area contributed by atoms with Crippen molar-refractivity contribution in [1.82, 2.24) is 0 Å². The van der Waals surface area contributed by atoms with E-state index in [1.807, 2.05) is 6.92 Å². The number of ether oxygens (including phenoxy) is 1. The number of hydrogen-bond donors (Lipinski definition) is 1. The van der Waals surface area contributed by atoms with E-state index in [0.717, 1.165) is 0 Å². The highest BCUT2D eigenvalue weighted by Crippen LogP contribution is 2.10. The van der Waals surface area contributed by atoms with E-state index in [4.69, 9.17) is 5.11 Å². The van der Waals surface area contributed by atoms with Crippen molar-refractivity contribution in [2.45, 2.75) is 25.5 Å². The minimum absolute atomic E-state index is 0.0288. The van der Waals surface area contributed by atoms with E-state index in [2.05, 4.69) is 4.74 Å². The molecule has 82 valence electrons. The monoisotopic (exact) mass is 220 g/mol. The molecule has 0 aromatic heterocycles. The van der Waals surface area contributed by atoms with Crippen LogP contribution in [0.2, 0.25) is 0 Å². The molecule has 0 bridgehead atoms. The maximum atomic E-state index is 11.1. The Morgan fingerprint density at radius 2 is 2.14 bits per heavy atom. The summed E-state index contributed by atoms with van der Waals surface area (Å²) in [5, 5.41) is 8.72. The molecule has 0 aromatic rings. The van der Waals surface area contributed by atoms with Gasteiger partial charge in [0.25, 0.3) is 0 Å². The predicted molar refractivity (Wildman–Crippen MR) is 55.3 cm³/mol. The highest BCUT2D eigenvalue weighted by atomic mass is 32.2. The van der Waals surface area contributed by atoms with Gasteiger partial charge in [0.2, 0.25) is 0 Å². The first kappa shape index (κ1) is 13.4. The Bertz CT molecular complexity index is 193. The van der Waals surface area contributed by atoms with Gasteiger partial charge < -0.3 is 9.84 Å². The van der Waals surface area contributed by atoms with Gasteiger partial charge in [-0.15, -0.1) is 11.8 Å². The molecule has 0 saturated heterocycles. The minimum atomic E-state index is -0.477. The molecule has 1 atom stereocenters. The van der Waals surface area contributed by atoms with Crippen LogP contribution in [0.5, 0.6) is 0 Å². The molecule has 14 heavy (non-hydrogen) atoms. The third kappa shape index (κ3) is 6.91. The second kappa shape index (κ2) is 7.82. The van der Waals surface area contributed by atoms with Crippen molar-refractivity contribution < 1.29 is 19.4 Å². The molecule has 0 amide bonds. The second-order valence-corrected chi connectivity index (χ2v) is 4.25. The lowest BCUT2D eigenvalue weighted by molar-refractivity contribution is -0.145. The number of rotatable bonds is 7. The number of carbonyl (C=O) groups is 2. The largest absolute Gasteiger partial charge is 0.466 e. The fraction of sp³-hybridized carbons (Fsp3) is 0.778. The van der Waals surface area contributed by atoms with Crippen molar-refractivity contribution in [3.05, 3.63) is 0 Å². The molecule has 0 fully saturated rings. The van der Waals surface area contributed by atoms with Gasteiger partial charge >= 0.3 is 5.97 Å². The van der Waals surface area contributed by atoms with E-state index in [1.54, 1.807) is 6.92 Å². The van der Waals surface area contributed by atoms with Crippen LogP contribution in [-0.4, -0.2) is 41.1 Å². The van der Waals surface area contributed by atoms with Crippen LogP contribution in [0, 0.1) is 0 Å². The zero-order chi connectivity index (χ0) is 11.0. The molecule has 0 saturated carbocycles. The first-order valence-corrected chi connectivity index (χ1v) is 5.54. The van der Waals surface area contributed by atoms with Gasteiger partial charge in [0.15, 0.2) is 5.78 Å². The van der Waals surface area contributed by atoms with E-state index in [1.165, 1.54) is 11.8 Å². The average Bonchev–Trinajstić information content (AvgIpc) is 2.14. The Morgan fingerprint density at radius 1 is 1.50 bits per heavy atom. The summed E-state index contributed by atoms with van der Waals surface area (Å²) < 4.78 is 4.63. The van der Waals surface area contributed by atoms with E-state index in [9.17, 15) is 9.59 Å². The Hall–Kier alpha value is -0.550. The number of aliphatic hydroxyl groups excluding tert-OH is 1. The number of thioether (sulfide) groups is 1. The lowest BCUT2D eigenvalue weighted by Gasteiger charge is -2.06. The standard InChI is InChI=1S/C9H16O4S/c1-3-13-9(12)4-8(11)6-14-7(2)5-10/h7,10H,3-6H2,1-2H3. The van der Waals surface area contributed by atoms with Crippen molar-refractivity contribution in [3.63, 3.8) is 0 Å². The van der Waals surface area contributed by atoms with E-state index in [0.29, 0.717) is 6.61 Å². The predicted octanol–water partition coefficient (Wildman–Crippen LogP) is 0.623. The van der Waals surface area contributed by atoms with Crippen molar-refractivity contribution in [1.29, 1.82) is 0 Å². The highest BCUT2D eigenvalue weighted by Gasteiger charge is 2.11. The molecule has 1 N–H and O–H groups in total. The van der Waals surface area contributed by atoms with Crippen LogP contribution >= 0.6 is 11.8 Å². The molecule has 0 aliphatic heterocycles. The Labute approximate surface area is 88.0 Å². The summed E-state index contributed by atoms with van der Waals surface area (Å²) in [4.78, 5) is 22.0. The normalized spacial score (nSPS) is 12.2. The van der Waals surface area contributed by atoms with Gasteiger partial charge in [-0.25, -0.2) is 0 Å². The molecule has 0 heterocycles. The van der Waals surface area contributed by atoms with Crippen LogP contribution < -0.4 is 0 Å². The van der Waals surface area contributed by atoms with Crippen molar-refractivity contribution in [2.24, 2.45) is 0 Å². The molecular formula is C9H16O4S. The topological polar surface area (TPSA) is 63.6 Å². The maximum absolute atomic E-state index is 11.1. The number of carbonyl (C=O) groups excluding carboxylic acids is 2. The molecule has 4 nitrogen and oxygen atoms in total. The zero-order valence-electron chi connectivity index (χ0n) is 8.49. The summed E-state index contributed by atoms with van der Waals surface area (Å²) >= 11 is 1.34. The molecule has 0 aromatic carbocycles. The Morgan fingerprint density at radius 3 is 2.64 bits per heavy atom.